The maximum Gasteiger partial charge on any atom is 0.327 e. The number of aromatic nitrogens is 3. The van der Waals surface area contributed by atoms with E-state index in [1.165, 1.54) is 16.2 Å². The summed E-state index contributed by atoms with van der Waals surface area (Å²) < 4.78 is 2.08. The molecule has 1 fully saturated rings. The zero-order chi connectivity index (χ0) is 18.1. The molecular formula is C19H23N5O2. The third kappa shape index (κ3) is 2.98. The maximum atomic E-state index is 12.9. The normalized spacial score (nSPS) is 20.4. The van der Waals surface area contributed by atoms with Crippen molar-refractivity contribution in [2.24, 2.45) is 0 Å². The van der Waals surface area contributed by atoms with Crippen molar-refractivity contribution in [3.05, 3.63) is 47.5 Å². The lowest BCUT2D eigenvalue weighted by atomic mass is 10.1. The van der Waals surface area contributed by atoms with Crippen LogP contribution in [0.1, 0.15) is 36.5 Å². The standard InChI is InChI=1S/C19H23N5O2/c1-22-15(12-14-8-4-2-5-9-14)18(25)24(19(22)26)13-17-21-20-16-10-6-3-7-11-23(16)17/h2,4-5,8-9,15H,3,6-7,10-13H2,1H3/t15-/m1/s1. The summed E-state index contributed by atoms with van der Waals surface area (Å²) in [5, 5.41) is 8.52. The highest BCUT2D eigenvalue weighted by Gasteiger charge is 2.43. The lowest BCUT2D eigenvalue weighted by Crippen LogP contribution is -2.33. The van der Waals surface area contributed by atoms with E-state index in [2.05, 4.69) is 14.8 Å². The van der Waals surface area contributed by atoms with Crippen LogP contribution in [0, 0.1) is 0 Å². The van der Waals surface area contributed by atoms with E-state index in [1.807, 2.05) is 30.3 Å². The predicted molar refractivity (Wildman–Crippen MR) is 95.2 cm³/mol. The van der Waals surface area contributed by atoms with Gasteiger partial charge in [0.15, 0.2) is 5.82 Å². The largest absolute Gasteiger partial charge is 0.327 e. The second-order valence-electron chi connectivity index (χ2n) is 7.02. The summed E-state index contributed by atoms with van der Waals surface area (Å²) in [7, 11) is 1.69. The van der Waals surface area contributed by atoms with Crippen LogP contribution >= 0.6 is 0 Å². The number of carbonyl (C=O) groups is 2. The molecule has 1 saturated heterocycles. The molecule has 7 nitrogen and oxygen atoms in total. The number of carbonyl (C=O) groups excluding carboxylic acids is 2. The Morgan fingerprint density at radius 2 is 1.88 bits per heavy atom. The number of urea groups is 1. The number of benzene rings is 1. The number of fused-ring (bicyclic) bond motifs is 1. The SMILES string of the molecule is CN1C(=O)N(Cc2nnc3n2CCCCC3)C(=O)[C@H]1Cc1ccccc1. The number of likely N-dealkylation sites (N-methyl/N-ethyl adjacent to an activating group) is 1. The smallest absolute Gasteiger partial charge is 0.315 e. The summed E-state index contributed by atoms with van der Waals surface area (Å²) >= 11 is 0. The molecule has 0 aliphatic carbocycles. The van der Waals surface area contributed by atoms with Crippen LogP contribution in [0.15, 0.2) is 30.3 Å². The molecule has 2 aromatic rings. The first-order chi connectivity index (χ1) is 12.6. The van der Waals surface area contributed by atoms with Gasteiger partial charge in [0.1, 0.15) is 11.9 Å². The van der Waals surface area contributed by atoms with Crippen LogP contribution in [-0.4, -0.2) is 49.6 Å². The quantitative estimate of drug-likeness (QED) is 0.789. The van der Waals surface area contributed by atoms with Gasteiger partial charge in [0.25, 0.3) is 5.91 Å². The Bertz CT molecular complexity index is 817. The first kappa shape index (κ1) is 16.8. The van der Waals surface area contributed by atoms with Gasteiger partial charge in [-0.05, 0) is 18.4 Å². The van der Waals surface area contributed by atoms with Crippen LogP contribution < -0.4 is 0 Å². The van der Waals surface area contributed by atoms with E-state index >= 15 is 0 Å². The zero-order valence-electron chi connectivity index (χ0n) is 15.0. The second-order valence-corrected chi connectivity index (χ2v) is 7.02. The van der Waals surface area contributed by atoms with Gasteiger partial charge < -0.3 is 9.47 Å². The van der Waals surface area contributed by atoms with Crippen LogP contribution in [0.3, 0.4) is 0 Å². The van der Waals surface area contributed by atoms with Crippen molar-refractivity contribution in [1.29, 1.82) is 0 Å². The number of nitrogens with zero attached hydrogens (tertiary/aromatic N) is 5. The van der Waals surface area contributed by atoms with Crippen LogP contribution in [0.2, 0.25) is 0 Å². The second kappa shape index (κ2) is 6.90. The highest BCUT2D eigenvalue weighted by Crippen LogP contribution is 2.23. The summed E-state index contributed by atoms with van der Waals surface area (Å²) in [5.41, 5.74) is 1.05. The Morgan fingerprint density at radius 1 is 1.08 bits per heavy atom. The van der Waals surface area contributed by atoms with Gasteiger partial charge in [-0.2, -0.15) is 0 Å². The Labute approximate surface area is 152 Å². The third-order valence-electron chi connectivity index (χ3n) is 5.31. The molecule has 0 radical (unpaired) electrons. The van der Waals surface area contributed by atoms with Crippen molar-refractivity contribution in [3.8, 4) is 0 Å². The number of amides is 3. The van der Waals surface area contributed by atoms with E-state index in [0.717, 1.165) is 37.2 Å². The summed E-state index contributed by atoms with van der Waals surface area (Å²) in [5.74, 6) is 1.51. The average molecular weight is 353 g/mol. The molecule has 3 heterocycles. The highest BCUT2D eigenvalue weighted by molar-refractivity contribution is 6.04. The van der Waals surface area contributed by atoms with E-state index < -0.39 is 6.04 Å². The van der Waals surface area contributed by atoms with Gasteiger partial charge >= 0.3 is 6.03 Å². The Hall–Kier alpha value is -2.70. The predicted octanol–water partition coefficient (Wildman–Crippen LogP) is 2.01. The fourth-order valence-electron chi connectivity index (χ4n) is 3.77. The van der Waals surface area contributed by atoms with Crippen LogP contribution in [0.25, 0.3) is 0 Å². The molecule has 3 amide bonds. The Morgan fingerprint density at radius 3 is 2.69 bits per heavy atom. The number of hydrogen-bond acceptors (Lipinski definition) is 4. The van der Waals surface area contributed by atoms with E-state index in [1.54, 1.807) is 7.05 Å². The zero-order valence-corrected chi connectivity index (χ0v) is 15.0. The minimum absolute atomic E-state index is 0.160. The van der Waals surface area contributed by atoms with Crippen LogP contribution in [-0.2, 0) is 30.7 Å². The van der Waals surface area contributed by atoms with Gasteiger partial charge in [0.2, 0.25) is 0 Å². The number of imide groups is 1. The van der Waals surface area contributed by atoms with E-state index in [0.29, 0.717) is 12.2 Å². The molecule has 2 aliphatic heterocycles. The van der Waals surface area contributed by atoms with Crippen molar-refractivity contribution in [2.75, 3.05) is 7.05 Å². The highest BCUT2D eigenvalue weighted by atomic mass is 16.2. The molecule has 2 aliphatic rings. The molecule has 136 valence electrons. The van der Waals surface area contributed by atoms with Crippen molar-refractivity contribution in [3.63, 3.8) is 0 Å². The number of aryl methyl sites for hydroxylation is 1. The third-order valence-corrected chi connectivity index (χ3v) is 5.31. The maximum absolute atomic E-state index is 12.9. The first-order valence-electron chi connectivity index (χ1n) is 9.18. The minimum atomic E-state index is -0.462. The lowest BCUT2D eigenvalue weighted by molar-refractivity contribution is -0.128. The summed E-state index contributed by atoms with van der Waals surface area (Å²) in [6.45, 7) is 1.05. The van der Waals surface area contributed by atoms with Crippen molar-refractivity contribution >= 4 is 11.9 Å². The van der Waals surface area contributed by atoms with E-state index in [-0.39, 0.29) is 18.5 Å². The minimum Gasteiger partial charge on any atom is -0.315 e. The first-order valence-corrected chi connectivity index (χ1v) is 9.18. The summed E-state index contributed by atoms with van der Waals surface area (Å²) in [6.07, 6.45) is 4.80. The molecule has 26 heavy (non-hydrogen) atoms. The van der Waals surface area contributed by atoms with E-state index in [9.17, 15) is 9.59 Å². The Balaban J connectivity index is 1.53. The van der Waals surface area contributed by atoms with Crippen LogP contribution in [0.5, 0.6) is 0 Å². The molecule has 0 bridgehead atoms. The van der Waals surface area contributed by atoms with Crippen LogP contribution in [0.4, 0.5) is 4.79 Å². The molecule has 1 aromatic carbocycles. The molecule has 1 aromatic heterocycles. The summed E-state index contributed by atoms with van der Waals surface area (Å²) in [6, 6.07) is 9.07. The molecule has 0 unspecified atom stereocenters. The van der Waals surface area contributed by atoms with Gasteiger partial charge in [-0.3, -0.25) is 9.69 Å². The lowest BCUT2D eigenvalue weighted by Gasteiger charge is -2.15. The van der Waals surface area contributed by atoms with Gasteiger partial charge in [-0.25, -0.2) is 4.79 Å². The van der Waals surface area contributed by atoms with Crippen molar-refractivity contribution in [1.82, 2.24) is 24.6 Å². The fourth-order valence-corrected chi connectivity index (χ4v) is 3.77. The van der Waals surface area contributed by atoms with Crippen molar-refractivity contribution in [2.45, 2.75) is 51.2 Å². The van der Waals surface area contributed by atoms with Gasteiger partial charge in [-0.15, -0.1) is 10.2 Å². The molecule has 4 rings (SSSR count). The summed E-state index contributed by atoms with van der Waals surface area (Å²) in [4.78, 5) is 28.4. The molecule has 0 saturated carbocycles. The van der Waals surface area contributed by atoms with Gasteiger partial charge in [-0.1, -0.05) is 36.8 Å². The van der Waals surface area contributed by atoms with Gasteiger partial charge in [0, 0.05) is 26.4 Å². The molecular weight excluding hydrogens is 330 g/mol. The monoisotopic (exact) mass is 353 g/mol. The average Bonchev–Trinajstić information content (AvgIpc) is 2.99. The van der Waals surface area contributed by atoms with E-state index in [4.69, 9.17) is 0 Å². The number of hydrogen-bond donors (Lipinski definition) is 0. The van der Waals surface area contributed by atoms with Crippen molar-refractivity contribution < 1.29 is 9.59 Å². The molecule has 0 spiro atoms. The molecule has 0 N–H and O–H groups in total. The topological polar surface area (TPSA) is 71.3 Å². The molecule has 1 atom stereocenters. The fraction of sp³-hybridized carbons (Fsp3) is 0.474. The molecule has 7 heteroatoms. The Kier molecular flexibility index (Phi) is 4.44. The number of rotatable bonds is 4. The van der Waals surface area contributed by atoms with Gasteiger partial charge in [0.05, 0.1) is 6.54 Å².